The first kappa shape index (κ1) is 22.3. The van der Waals surface area contributed by atoms with Crippen molar-refractivity contribution in [2.45, 2.75) is 47.0 Å². The van der Waals surface area contributed by atoms with Gasteiger partial charge in [0.15, 0.2) is 0 Å². The van der Waals surface area contributed by atoms with Crippen molar-refractivity contribution in [2.75, 3.05) is 23.7 Å². The van der Waals surface area contributed by atoms with Gasteiger partial charge in [0, 0.05) is 24.5 Å². The molecule has 26 heavy (non-hydrogen) atoms. The minimum absolute atomic E-state index is 0.0723. The molecule has 2 N–H and O–H groups in total. The fourth-order valence-electron chi connectivity index (χ4n) is 2.23. The van der Waals surface area contributed by atoms with Crippen molar-refractivity contribution in [3.8, 4) is 0 Å². The van der Waals surface area contributed by atoms with Crippen LogP contribution in [0.5, 0.6) is 0 Å². The van der Waals surface area contributed by atoms with Crippen LogP contribution in [0.25, 0.3) is 0 Å². The third-order valence-corrected chi connectivity index (χ3v) is 5.15. The number of nitrogens with one attached hydrogen (secondary N) is 1. The number of hydrogen-bond acceptors (Lipinski definition) is 5. The van der Waals surface area contributed by atoms with E-state index in [0.717, 1.165) is 24.3 Å². The van der Waals surface area contributed by atoms with Gasteiger partial charge < -0.3 is 20.1 Å². The zero-order valence-electron chi connectivity index (χ0n) is 16.2. The molecule has 1 atom stereocenters. The van der Waals surface area contributed by atoms with Crippen LogP contribution in [0.15, 0.2) is 24.3 Å². The summed E-state index contributed by atoms with van der Waals surface area (Å²) in [5.74, 6) is -1.38. The zero-order valence-corrected chi connectivity index (χ0v) is 17.1. The van der Waals surface area contributed by atoms with E-state index >= 15 is 0 Å². The molecular formula is C19H30N2O4S. The average molecular weight is 383 g/mol. The molecule has 146 valence electrons. The molecule has 6 nitrogen and oxygen atoms in total. The Bertz CT molecular complexity index is 614. The third kappa shape index (κ3) is 5.64. The number of carbonyl (C=O) groups is 2. The number of rotatable bonds is 10. The topological polar surface area (TPSA) is 78.9 Å². The van der Waals surface area contributed by atoms with Crippen molar-refractivity contribution in [3.63, 3.8) is 0 Å². The first-order chi connectivity index (χ1) is 12.1. The number of anilines is 1. The van der Waals surface area contributed by atoms with Crippen molar-refractivity contribution >= 4 is 30.2 Å². The maximum absolute atomic E-state index is 12.3. The number of amides is 1. The first-order valence-electron chi connectivity index (χ1n) is 8.74. The standard InChI is InChI=1S/C19H30N2O4S/c1-6-21(7-2)15-10-8-14(9-11-15)12-25-19(5,17(23)24)20-16(22)18(3,4)13-26/h8-11,26H,6-7,12-13H2,1-5H3,(H,20,22)(H,23,24). The van der Waals surface area contributed by atoms with Gasteiger partial charge in [0.1, 0.15) is 0 Å². The normalized spacial score (nSPS) is 13.8. The summed E-state index contributed by atoms with van der Waals surface area (Å²) in [6, 6.07) is 7.75. The highest BCUT2D eigenvalue weighted by Crippen LogP contribution is 2.21. The number of benzene rings is 1. The number of carbonyl (C=O) groups excluding carboxylic acids is 1. The lowest BCUT2D eigenvalue weighted by molar-refractivity contribution is -0.174. The van der Waals surface area contributed by atoms with Crippen LogP contribution in [0, 0.1) is 5.41 Å². The summed E-state index contributed by atoms with van der Waals surface area (Å²) in [7, 11) is 0. The monoisotopic (exact) mass is 382 g/mol. The van der Waals surface area contributed by atoms with Gasteiger partial charge in [0.25, 0.3) is 0 Å². The van der Waals surface area contributed by atoms with Crippen LogP contribution in [0.1, 0.15) is 40.2 Å². The Kier molecular flexibility index (Phi) is 7.96. The highest BCUT2D eigenvalue weighted by atomic mass is 32.1. The predicted octanol–water partition coefficient (Wildman–Crippen LogP) is 2.92. The molecule has 7 heteroatoms. The fraction of sp³-hybridized carbons (Fsp3) is 0.579. The molecule has 1 unspecified atom stereocenters. The molecular weight excluding hydrogens is 352 g/mol. The number of hydrogen-bond donors (Lipinski definition) is 3. The molecule has 1 amide bonds. The second kappa shape index (κ2) is 9.28. The van der Waals surface area contributed by atoms with E-state index < -0.39 is 23.0 Å². The minimum Gasteiger partial charge on any atom is -0.478 e. The Morgan fingerprint density at radius 3 is 2.12 bits per heavy atom. The van der Waals surface area contributed by atoms with Gasteiger partial charge in [-0.3, -0.25) is 4.79 Å². The van der Waals surface area contributed by atoms with Crippen molar-refractivity contribution in [1.29, 1.82) is 0 Å². The van der Waals surface area contributed by atoms with E-state index in [1.165, 1.54) is 6.92 Å². The Balaban J connectivity index is 2.83. The summed E-state index contributed by atoms with van der Waals surface area (Å²) >= 11 is 4.14. The zero-order chi connectivity index (χ0) is 20.0. The van der Waals surface area contributed by atoms with Gasteiger partial charge in [-0.2, -0.15) is 12.6 Å². The van der Waals surface area contributed by atoms with Crippen molar-refractivity contribution in [3.05, 3.63) is 29.8 Å². The quantitative estimate of drug-likeness (QED) is 0.428. The number of nitrogens with zero attached hydrogens (tertiary/aromatic N) is 1. The van der Waals surface area contributed by atoms with Gasteiger partial charge in [-0.05, 0) is 38.5 Å². The largest absolute Gasteiger partial charge is 0.478 e. The van der Waals surface area contributed by atoms with E-state index in [2.05, 4.69) is 36.7 Å². The van der Waals surface area contributed by atoms with E-state index in [0.29, 0.717) is 5.75 Å². The molecule has 1 aromatic rings. The van der Waals surface area contributed by atoms with Gasteiger partial charge in [0.2, 0.25) is 11.6 Å². The molecule has 0 heterocycles. The number of carboxylic acid groups (broad SMARTS) is 1. The molecule has 0 saturated heterocycles. The second-order valence-corrected chi connectivity index (χ2v) is 7.28. The maximum atomic E-state index is 12.3. The molecule has 0 aliphatic heterocycles. The number of carboxylic acids is 1. The highest BCUT2D eigenvalue weighted by molar-refractivity contribution is 7.80. The molecule has 0 aromatic heterocycles. The lowest BCUT2D eigenvalue weighted by Crippen LogP contribution is -2.57. The summed E-state index contributed by atoms with van der Waals surface area (Å²) in [4.78, 5) is 26.2. The predicted molar refractivity (Wildman–Crippen MR) is 107 cm³/mol. The molecule has 1 aromatic carbocycles. The van der Waals surface area contributed by atoms with Gasteiger partial charge in [-0.25, -0.2) is 4.79 Å². The lowest BCUT2D eigenvalue weighted by Gasteiger charge is -2.31. The van der Waals surface area contributed by atoms with Gasteiger partial charge in [-0.1, -0.05) is 26.0 Å². The Morgan fingerprint density at radius 2 is 1.69 bits per heavy atom. The van der Waals surface area contributed by atoms with Crippen LogP contribution < -0.4 is 10.2 Å². The van der Waals surface area contributed by atoms with Crippen molar-refractivity contribution in [2.24, 2.45) is 5.41 Å². The summed E-state index contributed by atoms with van der Waals surface area (Å²) in [5, 5.41) is 12.0. The van der Waals surface area contributed by atoms with E-state index in [1.54, 1.807) is 13.8 Å². The van der Waals surface area contributed by atoms with E-state index in [-0.39, 0.29) is 6.61 Å². The van der Waals surface area contributed by atoms with E-state index in [1.807, 2.05) is 24.3 Å². The van der Waals surface area contributed by atoms with E-state index in [4.69, 9.17) is 4.74 Å². The molecule has 1 rings (SSSR count). The summed E-state index contributed by atoms with van der Waals surface area (Å²) < 4.78 is 5.57. The Labute approximate surface area is 161 Å². The third-order valence-electron chi connectivity index (χ3n) is 4.36. The molecule has 0 bridgehead atoms. The summed E-state index contributed by atoms with van der Waals surface area (Å²) in [6.07, 6.45) is 0. The van der Waals surface area contributed by atoms with Gasteiger partial charge >= 0.3 is 5.97 Å². The van der Waals surface area contributed by atoms with Gasteiger partial charge in [0.05, 0.1) is 12.0 Å². The molecule has 0 spiro atoms. The summed E-state index contributed by atoms with van der Waals surface area (Å²) in [6.45, 7) is 10.8. The van der Waals surface area contributed by atoms with Crippen LogP contribution in [-0.4, -0.2) is 41.6 Å². The maximum Gasteiger partial charge on any atom is 0.357 e. The Hall–Kier alpha value is -1.73. The van der Waals surface area contributed by atoms with Crippen molar-refractivity contribution < 1.29 is 19.4 Å². The summed E-state index contributed by atoms with van der Waals surface area (Å²) in [5.41, 5.74) is -0.677. The van der Waals surface area contributed by atoms with Crippen LogP contribution in [-0.2, 0) is 20.9 Å². The number of ether oxygens (including phenoxy) is 1. The van der Waals surface area contributed by atoms with E-state index in [9.17, 15) is 14.7 Å². The molecule has 0 fully saturated rings. The Morgan fingerprint density at radius 1 is 1.15 bits per heavy atom. The second-order valence-electron chi connectivity index (χ2n) is 6.96. The molecule has 0 saturated carbocycles. The smallest absolute Gasteiger partial charge is 0.357 e. The van der Waals surface area contributed by atoms with Crippen LogP contribution in [0.4, 0.5) is 5.69 Å². The fourth-order valence-corrected chi connectivity index (χ4v) is 2.37. The molecule has 0 aliphatic carbocycles. The lowest BCUT2D eigenvalue weighted by atomic mass is 9.94. The van der Waals surface area contributed by atoms with Crippen molar-refractivity contribution in [1.82, 2.24) is 5.32 Å². The number of aliphatic carboxylic acids is 1. The molecule has 0 radical (unpaired) electrons. The van der Waals surface area contributed by atoms with Crippen LogP contribution in [0.3, 0.4) is 0 Å². The van der Waals surface area contributed by atoms with Crippen LogP contribution in [0.2, 0.25) is 0 Å². The minimum atomic E-state index is -1.81. The SMILES string of the molecule is CCN(CC)c1ccc(COC(C)(NC(=O)C(C)(C)CS)C(=O)O)cc1. The van der Waals surface area contributed by atoms with Crippen LogP contribution >= 0.6 is 12.6 Å². The number of thiol groups is 1. The average Bonchev–Trinajstić information content (AvgIpc) is 2.61. The highest BCUT2D eigenvalue weighted by Gasteiger charge is 2.40. The molecule has 0 aliphatic rings. The first-order valence-corrected chi connectivity index (χ1v) is 9.37. The van der Waals surface area contributed by atoms with Gasteiger partial charge in [-0.15, -0.1) is 0 Å².